The van der Waals surface area contributed by atoms with Crippen molar-refractivity contribution in [1.29, 1.82) is 0 Å². The summed E-state index contributed by atoms with van der Waals surface area (Å²) in [6, 6.07) is 11.4. The summed E-state index contributed by atoms with van der Waals surface area (Å²) < 4.78 is 7.08. The number of hydrogen-bond donors (Lipinski definition) is 1. The number of fused-ring (bicyclic) bond motifs is 1. The molecule has 1 N–H and O–H groups in total. The van der Waals surface area contributed by atoms with E-state index >= 15 is 0 Å². The highest BCUT2D eigenvalue weighted by molar-refractivity contribution is 7.12. The van der Waals surface area contributed by atoms with E-state index in [1.165, 1.54) is 17.5 Å². The summed E-state index contributed by atoms with van der Waals surface area (Å²) in [7, 11) is 1.67. The van der Waals surface area contributed by atoms with Gasteiger partial charge in [-0.25, -0.2) is 14.8 Å². The Morgan fingerprint density at radius 3 is 2.50 bits per heavy atom. The molecule has 0 atom stereocenters. The first-order valence-electron chi connectivity index (χ1n) is 10.4. The molecule has 4 aromatic rings. The minimum Gasteiger partial charge on any atom is -0.495 e. The van der Waals surface area contributed by atoms with Gasteiger partial charge in [-0.1, -0.05) is 12.1 Å². The van der Waals surface area contributed by atoms with E-state index in [2.05, 4.69) is 20.9 Å². The van der Waals surface area contributed by atoms with Gasteiger partial charge in [0.25, 0.3) is 0 Å². The number of aromatic carboxylic acids is 1. The topological polar surface area (TPSA) is 101 Å². The van der Waals surface area contributed by atoms with Crippen LogP contribution in [0.5, 0.6) is 5.75 Å². The molecule has 1 aromatic carbocycles. The third-order valence-electron chi connectivity index (χ3n) is 5.72. The lowest BCUT2D eigenvalue weighted by Gasteiger charge is -2.37. The van der Waals surface area contributed by atoms with E-state index < -0.39 is 11.4 Å². The second-order valence-corrected chi connectivity index (χ2v) is 8.42. The fraction of sp³-hybridized carbons (Fsp3) is 0.217. The number of carboxylic acid groups (broad SMARTS) is 1. The van der Waals surface area contributed by atoms with Crippen LogP contribution in [0.3, 0.4) is 0 Å². The van der Waals surface area contributed by atoms with Gasteiger partial charge in [-0.3, -0.25) is 9.36 Å². The van der Waals surface area contributed by atoms with E-state index in [1.807, 2.05) is 18.2 Å². The molecule has 1 saturated heterocycles. The number of thiazole rings is 1. The van der Waals surface area contributed by atoms with Crippen molar-refractivity contribution in [2.45, 2.75) is 0 Å². The van der Waals surface area contributed by atoms with Crippen molar-refractivity contribution in [3.63, 3.8) is 0 Å². The predicted molar refractivity (Wildman–Crippen MR) is 135 cm³/mol. The molecule has 0 spiro atoms. The first-order valence-corrected chi connectivity index (χ1v) is 11.3. The third kappa shape index (κ3) is 4.17. The highest BCUT2D eigenvalue weighted by Gasteiger charge is 2.22. The summed E-state index contributed by atoms with van der Waals surface area (Å²) in [5.74, 6) is 0.301. The third-order valence-corrected chi connectivity index (χ3v) is 6.49. The standard InChI is InChI=1S/C23H21N5O4S.ClH/c1-32-18-5-3-2-4-17(18)26-9-11-27(12-10-26)19-7-6-15-20(29)16(22(30)31)14-28(21(15)25-19)23-24-8-13-33-23;/h2-8,13-14H,9-12H2,1H3,(H,30,31);1H. The Bertz CT molecular complexity index is 1380. The predicted octanol–water partition coefficient (Wildman–Crippen LogP) is 3.30. The zero-order chi connectivity index (χ0) is 22.9. The number of pyridine rings is 2. The molecule has 11 heteroatoms. The molecule has 0 radical (unpaired) electrons. The van der Waals surface area contributed by atoms with Gasteiger partial charge in [-0.05, 0) is 24.3 Å². The first kappa shape index (κ1) is 23.5. The number of halogens is 1. The molecule has 0 unspecified atom stereocenters. The molecule has 1 aliphatic heterocycles. The summed E-state index contributed by atoms with van der Waals surface area (Å²) in [6.07, 6.45) is 2.94. The van der Waals surface area contributed by atoms with Gasteiger partial charge in [0, 0.05) is 44.0 Å². The summed E-state index contributed by atoms with van der Waals surface area (Å²) >= 11 is 1.34. The normalized spacial score (nSPS) is 13.6. The van der Waals surface area contributed by atoms with Gasteiger partial charge in [0.05, 0.1) is 18.2 Å². The van der Waals surface area contributed by atoms with Crippen LogP contribution in [-0.2, 0) is 0 Å². The Kier molecular flexibility index (Phi) is 6.71. The van der Waals surface area contributed by atoms with Crippen LogP contribution in [0.25, 0.3) is 16.2 Å². The van der Waals surface area contributed by atoms with Crippen LogP contribution in [-0.4, -0.2) is 58.9 Å². The fourth-order valence-electron chi connectivity index (χ4n) is 4.07. The molecule has 0 bridgehead atoms. The lowest BCUT2D eigenvalue weighted by atomic mass is 10.2. The van der Waals surface area contributed by atoms with Crippen molar-refractivity contribution < 1.29 is 14.6 Å². The fourth-order valence-corrected chi connectivity index (χ4v) is 4.69. The van der Waals surface area contributed by atoms with Crippen molar-refractivity contribution >= 4 is 52.3 Å². The van der Waals surface area contributed by atoms with Crippen LogP contribution < -0.4 is 20.0 Å². The Morgan fingerprint density at radius 2 is 1.82 bits per heavy atom. The number of ether oxygens (including phenoxy) is 1. The summed E-state index contributed by atoms with van der Waals surface area (Å²) in [5.41, 5.74) is 0.595. The Balaban J connectivity index is 0.00000274. The molecule has 0 amide bonds. The van der Waals surface area contributed by atoms with Crippen molar-refractivity contribution in [3.8, 4) is 10.9 Å². The zero-order valence-electron chi connectivity index (χ0n) is 18.2. The highest BCUT2D eigenvalue weighted by Crippen LogP contribution is 2.29. The molecule has 1 fully saturated rings. The lowest BCUT2D eigenvalue weighted by Crippen LogP contribution is -2.47. The van der Waals surface area contributed by atoms with Crippen LogP contribution in [0.2, 0.25) is 0 Å². The summed E-state index contributed by atoms with van der Waals surface area (Å²) in [5, 5.41) is 12.1. The number of rotatable bonds is 5. The number of para-hydroxylation sites is 2. The molecule has 176 valence electrons. The second-order valence-electron chi connectivity index (χ2n) is 7.55. The van der Waals surface area contributed by atoms with E-state index in [-0.39, 0.29) is 23.4 Å². The maximum Gasteiger partial charge on any atom is 0.341 e. The highest BCUT2D eigenvalue weighted by atomic mass is 35.5. The van der Waals surface area contributed by atoms with E-state index in [0.717, 1.165) is 43.4 Å². The molecular formula is C23H22ClN5O4S. The second kappa shape index (κ2) is 9.70. The maximum atomic E-state index is 12.8. The van der Waals surface area contributed by atoms with Gasteiger partial charge < -0.3 is 19.6 Å². The van der Waals surface area contributed by atoms with Crippen molar-refractivity contribution in [2.24, 2.45) is 0 Å². The molecule has 3 aromatic heterocycles. The molecule has 1 aliphatic rings. The van der Waals surface area contributed by atoms with E-state index in [1.54, 1.807) is 35.4 Å². The molecular weight excluding hydrogens is 478 g/mol. The largest absolute Gasteiger partial charge is 0.495 e. The van der Waals surface area contributed by atoms with Crippen LogP contribution in [0.15, 0.2) is 59.0 Å². The van der Waals surface area contributed by atoms with E-state index in [9.17, 15) is 14.7 Å². The number of nitrogens with zero attached hydrogens (tertiary/aromatic N) is 5. The van der Waals surface area contributed by atoms with Gasteiger partial charge >= 0.3 is 5.97 Å². The molecule has 5 rings (SSSR count). The van der Waals surface area contributed by atoms with Gasteiger partial charge in [0.2, 0.25) is 5.43 Å². The number of aromatic nitrogens is 3. The summed E-state index contributed by atoms with van der Waals surface area (Å²) in [6.45, 7) is 3.06. The average Bonchev–Trinajstić information content (AvgIpc) is 3.39. The monoisotopic (exact) mass is 499 g/mol. The number of hydrogen-bond acceptors (Lipinski definition) is 8. The van der Waals surface area contributed by atoms with Crippen LogP contribution in [0.1, 0.15) is 10.4 Å². The minimum absolute atomic E-state index is 0. The number of carboxylic acids is 1. The maximum absolute atomic E-state index is 12.8. The number of methoxy groups -OCH3 is 1. The number of carbonyl (C=O) groups is 1. The van der Waals surface area contributed by atoms with Gasteiger partial charge in [0.15, 0.2) is 10.8 Å². The number of anilines is 2. The van der Waals surface area contributed by atoms with E-state index in [4.69, 9.17) is 9.72 Å². The molecule has 4 heterocycles. The molecule has 0 saturated carbocycles. The summed E-state index contributed by atoms with van der Waals surface area (Å²) in [4.78, 5) is 37.9. The SMILES string of the molecule is COc1ccccc1N1CCN(c2ccc3c(=O)c(C(=O)O)cn(-c4nccs4)c3n2)CC1.Cl. The Hall–Kier alpha value is -3.63. The van der Waals surface area contributed by atoms with Gasteiger partial charge in [-0.15, -0.1) is 23.7 Å². The minimum atomic E-state index is -1.27. The first-order chi connectivity index (χ1) is 16.1. The average molecular weight is 500 g/mol. The quantitative estimate of drug-likeness (QED) is 0.446. The molecule has 0 aliphatic carbocycles. The van der Waals surface area contributed by atoms with E-state index in [0.29, 0.717) is 10.8 Å². The zero-order valence-corrected chi connectivity index (χ0v) is 19.9. The van der Waals surface area contributed by atoms with Gasteiger partial charge in [0.1, 0.15) is 17.1 Å². The Labute approximate surface area is 205 Å². The van der Waals surface area contributed by atoms with Crippen LogP contribution in [0.4, 0.5) is 11.5 Å². The number of benzene rings is 1. The Morgan fingerprint density at radius 1 is 1.09 bits per heavy atom. The molecule has 34 heavy (non-hydrogen) atoms. The van der Waals surface area contributed by atoms with Crippen LogP contribution >= 0.6 is 23.7 Å². The smallest absolute Gasteiger partial charge is 0.341 e. The van der Waals surface area contributed by atoms with Gasteiger partial charge in [-0.2, -0.15) is 0 Å². The van der Waals surface area contributed by atoms with Crippen molar-refractivity contribution in [1.82, 2.24) is 14.5 Å². The van der Waals surface area contributed by atoms with Crippen LogP contribution in [0, 0.1) is 0 Å². The van der Waals surface area contributed by atoms with Crippen molar-refractivity contribution in [2.75, 3.05) is 43.1 Å². The lowest BCUT2D eigenvalue weighted by molar-refractivity contribution is 0.0695. The number of piperazine rings is 1. The molecule has 9 nitrogen and oxygen atoms in total. The van der Waals surface area contributed by atoms with Crippen molar-refractivity contribution in [3.05, 3.63) is 70.0 Å².